The molecule has 0 aromatic rings. The first-order valence-electron chi connectivity index (χ1n) is 7.97. The highest BCUT2D eigenvalue weighted by Crippen LogP contribution is 2.24. The zero-order valence-electron chi connectivity index (χ0n) is 12.8. The van der Waals surface area contributed by atoms with Crippen LogP contribution in [0, 0.1) is 5.92 Å². The number of rotatable bonds is 4. The molecule has 6 nitrogen and oxygen atoms in total. The van der Waals surface area contributed by atoms with Crippen LogP contribution in [0.5, 0.6) is 0 Å². The number of piperidine rings is 1. The molecule has 2 rings (SSSR count). The second kappa shape index (κ2) is 7.56. The van der Waals surface area contributed by atoms with Crippen LogP contribution in [-0.2, 0) is 19.7 Å². The van der Waals surface area contributed by atoms with Crippen LogP contribution in [0.3, 0.4) is 0 Å². The lowest BCUT2D eigenvalue weighted by Gasteiger charge is -2.33. The molecule has 0 aromatic carbocycles. The molecule has 2 heterocycles. The van der Waals surface area contributed by atoms with Crippen molar-refractivity contribution in [3.63, 3.8) is 0 Å². The molecule has 122 valence electrons. The average Bonchev–Trinajstić information content (AvgIpc) is 2.77. The number of hydrogen-bond donors (Lipinski definition) is 0. The molecule has 2 aliphatic rings. The third-order valence-electron chi connectivity index (χ3n) is 4.29. The van der Waals surface area contributed by atoms with Crippen molar-refractivity contribution >= 4 is 16.2 Å². The Morgan fingerprint density at radius 2 is 1.52 bits per heavy atom. The van der Waals surface area contributed by atoms with E-state index in [2.05, 4.69) is 0 Å². The fraction of sp³-hybridized carbons (Fsp3) is 0.929. The highest BCUT2D eigenvalue weighted by molar-refractivity contribution is 7.86. The molecule has 0 N–H and O–H groups in total. The van der Waals surface area contributed by atoms with Crippen LogP contribution in [0.1, 0.15) is 45.4 Å². The van der Waals surface area contributed by atoms with Gasteiger partial charge in [-0.3, -0.25) is 4.79 Å². The van der Waals surface area contributed by atoms with E-state index in [4.69, 9.17) is 4.74 Å². The summed E-state index contributed by atoms with van der Waals surface area (Å²) < 4.78 is 33.4. The Morgan fingerprint density at radius 1 is 1.00 bits per heavy atom. The number of esters is 1. The average molecular weight is 318 g/mol. The van der Waals surface area contributed by atoms with E-state index in [0.29, 0.717) is 45.6 Å². The van der Waals surface area contributed by atoms with E-state index in [0.717, 1.165) is 25.7 Å². The van der Waals surface area contributed by atoms with E-state index >= 15 is 0 Å². The van der Waals surface area contributed by atoms with E-state index < -0.39 is 10.2 Å². The summed E-state index contributed by atoms with van der Waals surface area (Å²) in [5, 5.41) is 0. The molecule has 0 aromatic heterocycles. The molecule has 0 radical (unpaired) electrons. The van der Waals surface area contributed by atoms with Gasteiger partial charge in [0.05, 0.1) is 12.5 Å². The second-order valence-electron chi connectivity index (χ2n) is 5.75. The minimum absolute atomic E-state index is 0.152. The van der Waals surface area contributed by atoms with E-state index in [-0.39, 0.29) is 11.9 Å². The summed E-state index contributed by atoms with van der Waals surface area (Å²) in [6.07, 6.45) is 5.22. The Kier molecular flexibility index (Phi) is 6.01. The molecule has 0 aliphatic carbocycles. The molecule has 2 fully saturated rings. The zero-order chi connectivity index (χ0) is 15.3. The highest BCUT2D eigenvalue weighted by atomic mass is 32.2. The van der Waals surface area contributed by atoms with Gasteiger partial charge in [-0.25, -0.2) is 0 Å². The maximum Gasteiger partial charge on any atom is 0.309 e. The molecule has 2 saturated heterocycles. The van der Waals surface area contributed by atoms with Gasteiger partial charge in [-0.1, -0.05) is 12.8 Å². The predicted molar refractivity (Wildman–Crippen MR) is 79.9 cm³/mol. The predicted octanol–water partition coefficient (Wildman–Crippen LogP) is 1.38. The van der Waals surface area contributed by atoms with E-state index in [1.807, 2.05) is 0 Å². The molecule has 2 aliphatic heterocycles. The molecule has 7 heteroatoms. The first-order valence-corrected chi connectivity index (χ1v) is 9.37. The van der Waals surface area contributed by atoms with Crippen molar-refractivity contribution < 1.29 is 17.9 Å². The first-order chi connectivity index (χ1) is 10.1. The minimum Gasteiger partial charge on any atom is -0.466 e. The van der Waals surface area contributed by atoms with Crippen molar-refractivity contribution in [3.05, 3.63) is 0 Å². The maximum absolute atomic E-state index is 12.6. The number of hydrogen-bond acceptors (Lipinski definition) is 4. The van der Waals surface area contributed by atoms with Crippen molar-refractivity contribution in [2.45, 2.75) is 45.4 Å². The molecule has 21 heavy (non-hydrogen) atoms. The molecule has 0 saturated carbocycles. The molecule has 0 spiro atoms. The van der Waals surface area contributed by atoms with E-state index in [9.17, 15) is 13.2 Å². The quantitative estimate of drug-likeness (QED) is 0.735. The molecular formula is C14H26N2O4S. The lowest BCUT2D eigenvalue weighted by molar-refractivity contribution is -0.149. The fourth-order valence-electron chi connectivity index (χ4n) is 3.02. The maximum atomic E-state index is 12.6. The van der Waals surface area contributed by atoms with Crippen molar-refractivity contribution in [1.82, 2.24) is 8.61 Å². The summed E-state index contributed by atoms with van der Waals surface area (Å²) >= 11 is 0. The summed E-state index contributed by atoms with van der Waals surface area (Å²) in [6, 6.07) is 0. The zero-order valence-corrected chi connectivity index (χ0v) is 13.6. The molecule has 0 amide bonds. The Balaban J connectivity index is 1.92. The topological polar surface area (TPSA) is 66.9 Å². The van der Waals surface area contributed by atoms with Crippen LogP contribution in [0.2, 0.25) is 0 Å². The fourth-order valence-corrected chi connectivity index (χ4v) is 4.74. The third kappa shape index (κ3) is 4.17. The largest absolute Gasteiger partial charge is 0.466 e. The Morgan fingerprint density at radius 3 is 2.05 bits per heavy atom. The van der Waals surface area contributed by atoms with Crippen LogP contribution >= 0.6 is 0 Å². The van der Waals surface area contributed by atoms with E-state index in [1.165, 1.54) is 4.31 Å². The Bertz CT molecular complexity index is 436. The van der Waals surface area contributed by atoms with Gasteiger partial charge < -0.3 is 4.74 Å². The highest BCUT2D eigenvalue weighted by Gasteiger charge is 2.35. The van der Waals surface area contributed by atoms with Crippen LogP contribution in [0.4, 0.5) is 0 Å². The number of carbonyl (C=O) groups is 1. The van der Waals surface area contributed by atoms with Crippen LogP contribution in [0.15, 0.2) is 0 Å². The normalized spacial score (nSPS) is 23.7. The summed E-state index contributed by atoms with van der Waals surface area (Å²) in [5.74, 6) is -0.343. The summed E-state index contributed by atoms with van der Waals surface area (Å²) in [7, 11) is -3.36. The lowest BCUT2D eigenvalue weighted by Crippen LogP contribution is -2.48. The number of carbonyl (C=O) groups excluding carboxylic acids is 1. The van der Waals surface area contributed by atoms with E-state index in [1.54, 1.807) is 11.2 Å². The van der Waals surface area contributed by atoms with Gasteiger partial charge >= 0.3 is 5.97 Å². The van der Waals surface area contributed by atoms with Crippen LogP contribution in [0.25, 0.3) is 0 Å². The standard InChI is InChI=1S/C14H26N2O4S/c1-2-20-14(17)13-7-11-16(12-8-13)21(18,19)15-9-5-3-4-6-10-15/h13H,2-12H2,1H3. The van der Waals surface area contributed by atoms with Crippen molar-refractivity contribution in [2.24, 2.45) is 5.92 Å². The van der Waals surface area contributed by atoms with Gasteiger partial charge in [-0.15, -0.1) is 0 Å². The van der Waals surface area contributed by atoms with Crippen LogP contribution < -0.4 is 0 Å². The van der Waals surface area contributed by atoms with Gasteiger partial charge in [0.1, 0.15) is 0 Å². The SMILES string of the molecule is CCOC(=O)C1CCN(S(=O)(=O)N2CCCCCC2)CC1. The summed E-state index contributed by atoms with van der Waals surface area (Å²) in [4.78, 5) is 11.7. The van der Waals surface area contributed by atoms with Crippen molar-refractivity contribution in [3.8, 4) is 0 Å². The Labute approximate surface area is 127 Å². The monoisotopic (exact) mass is 318 g/mol. The van der Waals surface area contributed by atoms with Gasteiger partial charge in [-0.2, -0.15) is 17.0 Å². The molecule has 0 bridgehead atoms. The lowest BCUT2D eigenvalue weighted by atomic mass is 9.98. The van der Waals surface area contributed by atoms with Crippen molar-refractivity contribution in [1.29, 1.82) is 0 Å². The van der Waals surface area contributed by atoms with Gasteiger partial charge in [0.2, 0.25) is 0 Å². The van der Waals surface area contributed by atoms with Gasteiger partial charge in [0.25, 0.3) is 10.2 Å². The smallest absolute Gasteiger partial charge is 0.309 e. The summed E-state index contributed by atoms with van der Waals surface area (Å²) in [5.41, 5.74) is 0. The minimum atomic E-state index is -3.36. The molecule has 0 atom stereocenters. The van der Waals surface area contributed by atoms with Crippen molar-refractivity contribution in [2.75, 3.05) is 32.8 Å². The Hall–Kier alpha value is -0.660. The van der Waals surface area contributed by atoms with Gasteiger partial charge in [-0.05, 0) is 32.6 Å². The van der Waals surface area contributed by atoms with Gasteiger partial charge in [0, 0.05) is 26.2 Å². The van der Waals surface area contributed by atoms with Crippen LogP contribution in [-0.4, -0.2) is 55.8 Å². The molecule has 0 unspecified atom stereocenters. The number of nitrogens with zero attached hydrogens (tertiary/aromatic N) is 2. The first kappa shape index (κ1) is 16.7. The van der Waals surface area contributed by atoms with Gasteiger partial charge in [0.15, 0.2) is 0 Å². The third-order valence-corrected chi connectivity index (χ3v) is 6.33. The molecular weight excluding hydrogens is 292 g/mol. The number of ether oxygens (including phenoxy) is 1. The second-order valence-corrected chi connectivity index (χ2v) is 7.67. The summed E-state index contributed by atoms with van der Waals surface area (Å²) in [6.45, 7) is 4.26.